The minimum atomic E-state index is -1.33. The Morgan fingerprint density at radius 3 is 2.14 bits per heavy atom. The monoisotopic (exact) mass is 122 g/mol. The molecule has 0 unspecified atom stereocenters. The average molecular weight is 123 g/mol. The molecular formula is C3H3ClO3. The second-order valence-corrected chi connectivity index (χ2v) is 1.19. The number of carboxylic acids is 1. The van der Waals surface area contributed by atoms with E-state index < -0.39 is 11.0 Å². The summed E-state index contributed by atoms with van der Waals surface area (Å²) < 4.78 is 0. The molecule has 0 saturated carbocycles. The summed E-state index contributed by atoms with van der Waals surface area (Å²) in [5.74, 6) is -1.33. The molecule has 0 rings (SSSR count). The number of carboxylic acid groups (broad SMARTS) is 1. The fourth-order valence-corrected chi connectivity index (χ4v) is 0.0552. The predicted molar refractivity (Wildman–Crippen MR) is 24.2 cm³/mol. The molecule has 0 atom stereocenters. The lowest BCUT2D eigenvalue weighted by molar-refractivity contribution is -0.132. The first-order valence-electron chi connectivity index (χ1n) is 1.41. The van der Waals surface area contributed by atoms with E-state index in [-0.39, 0.29) is 0 Å². The van der Waals surface area contributed by atoms with Crippen LogP contribution >= 0.6 is 11.6 Å². The molecule has 3 nitrogen and oxygen atoms in total. The van der Waals surface area contributed by atoms with E-state index in [9.17, 15) is 4.79 Å². The van der Waals surface area contributed by atoms with Crippen LogP contribution in [0.4, 0.5) is 0 Å². The molecule has 0 bridgehead atoms. The van der Waals surface area contributed by atoms with Gasteiger partial charge >= 0.3 is 5.97 Å². The zero-order valence-corrected chi connectivity index (χ0v) is 4.01. The number of hydrogen-bond acceptors (Lipinski definition) is 2. The molecule has 40 valence electrons. The molecule has 0 amide bonds. The Hall–Kier alpha value is -0.700. The lowest BCUT2D eigenvalue weighted by Crippen LogP contribution is -1.92. The van der Waals surface area contributed by atoms with E-state index in [0.29, 0.717) is 6.26 Å². The maximum atomic E-state index is 9.57. The number of halogens is 1. The van der Waals surface area contributed by atoms with E-state index in [2.05, 4.69) is 0 Å². The zero-order chi connectivity index (χ0) is 5.86. The summed E-state index contributed by atoms with van der Waals surface area (Å²) in [7, 11) is 0. The predicted octanol–water partition coefficient (Wildman–Crippen LogP) is 0.709. The molecular weight excluding hydrogens is 119 g/mol. The summed E-state index contributed by atoms with van der Waals surface area (Å²) in [6, 6.07) is 0. The molecule has 0 heterocycles. The van der Waals surface area contributed by atoms with E-state index in [4.69, 9.17) is 21.8 Å². The van der Waals surface area contributed by atoms with Gasteiger partial charge in [-0.15, -0.1) is 0 Å². The highest BCUT2D eigenvalue weighted by atomic mass is 35.5. The summed E-state index contributed by atoms with van der Waals surface area (Å²) >= 11 is 4.81. The Morgan fingerprint density at radius 1 is 1.71 bits per heavy atom. The summed E-state index contributed by atoms with van der Waals surface area (Å²) in [6.07, 6.45) is 0.323. The molecule has 2 N–H and O–H groups in total. The number of rotatable bonds is 1. The Kier molecular flexibility index (Phi) is 2.22. The van der Waals surface area contributed by atoms with Crippen LogP contribution in [0, 0.1) is 0 Å². The first-order chi connectivity index (χ1) is 3.18. The third-order valence-electron chi connectivity index (χ3n) is 0.318. The SMILES string of the molecule is O=C(O)/C(Cl)=C/O. The molecule has 0 aromatic heterocycles. The van der Waals surface area contributed by atoms with E-state index in [1.165, 1.54) is 0 Å². The number of aliphatic hydroxyl groups is 1. The summed E-state index contributed by atoms with van der Waals surface area (Å²) in [5.41, 5.74) is 0. The molecule has 0 aromatic rings. The topological polar surface area (TPSA) is 57.5 Å². The van der Waals surface area contributed by atoms with Gasteiger partial charge in [0.1, 0.15) is 6.26 Å². The third kappa shape index (κ3) is 2.05. The van der Waals surface area contributed by atoms with Crippen LogP contribution in [0.5, 0.6) is 0 Å². The fraction of sp³-hybridized carbons (Fsp3) is 0. The molecule has 7 heavy (non-hydrogen) atoms. The van der Waals surface area contributed by atoms with Crippen LogP contribution in [0.2, 0.25) is 0 Å². The van der Waals surface area contributed by atoms with Crippen LogP contribution in [-0.4, -0.2) is 16.2 Å². The van der Waals surface area contributed by atoms with Crippen LogP contribution in [0.15, 0.2) is 11.3 Å². The van der Waals surface area contributed by atoms with E-state index in [1.807, 2.05) is 0 Å². The van der Waals surface area contributed by atoms with Crippen molar-refractivity contribution >= 4 is 17.6 Å². The standard InChI is InChI=1S/C3H3ClO3/c4-2(1-5)3(6)7/h1,5H,(H,6,7)/b2-1-. The molecule has 0 aliphatic carbocycles. The Labute approximate surface area is 44.8 Å². The van der Waals surface area contributed by atoms with E-state index in [1.54, 1.807) is 0 Å². The van der Waals surface area contributed by atoms with Gasteiger partial charge in [-0.1, -0.05) is 11.6 Å². The second-order valence-electron chi connectivity index (χ2n) is 0.782. The van der Waals surface area contributed by atoms with Gasteiger partial charge in [-0.05, 0) is 0 Å². The van der Waals surface area contributed by atoms with Gasteiger partial charge < -0.3 is 10.2 Å². The van der Waals surface area contributed by atoms with Gasteiger partial charge in [0.2, 0.25) is 0 Å². The molecule has 0 aliphatic heterocycles. The lowest BCUT2D eigenvalue weighted by atomic mass is 10.6. The van der Waals surface area contributed by atoms with Crippen molar-refractivity contribution in [3.05, 3.63) is 11.3 Å². The molecule has 0 aromatic carbocycles. The third-order valence-corrected chi connectivity index (χ3v) is 0.577. The van der Waals surface area contributed by atoms with Gasteiger partial charge in [0, 0.05) is 0 Å². The van der Waals surface area contributed by atoms with Crippen molar-refractivity contribution < 1.29 is 15.0 Å². The number of aliphatic carboxylic acids is 1. The zero-order valence-electron chi connectivity index (χ0n) is 3.26. The second kappa shape index (κ2) is 2.47. The quantitative estimate of drug-likeness (QED) is 0.398. The number of aliphatic hydroxyl groups excluding tert-OH is 1. The van der Waals surface area contributed by atoms with Crippen molar-refractivity contribution in [3.63, 3.8) is 0 Å². The largest absolute Gasteiger partial charge is 0.514 e. The summed E-state index contributed by atoms with van der Waals surface area (Å²) in [4.78, 5) is 9.57. The van der Waals surface area contributed by atoms with Crippen molar-refractivity contribution in [1.82, 2.24) is 0 Å². The van der Waals surface area contributed by atoms with Crippen LogP contribution in [0.25, 0.3) is 0 Å². The Balaban J connectivity index is 3.82. The number of hydrogen-bond donors (Lipinski definition) is 2. The number of carbonyl (C=O) groups is 1. The first-order valence-corrected chi connectivity index (χ1v) is 1.79. The Morgan fingerprint density at radius 2 is 2.14 bits per heavy atom. The van der Waals surface area contributed by atoms with Gasteiger partial charge in [-0.2, -0.15) is 0 Å². The molecule has 0 aliphatic rings. The van der Waals surface area contributed by atoms with Crippen molar-refractivity contribution in [1.29, 1.82) is 0 Å². The van der Waals surface area contributed by atoms with E-state index in [0.717, 1.165) is 0 Å². The summed E-state index contributed by atoms with van der Waals surface area (Å²) in [5, 5.41) is 15.1. The van der Waals surface area contributed by atoms with Crippen LogP contribution in [0.3, 0.4) is 0 Å². The van der Waals surface area contributed by atoms with Gasteiger partial charge in [-0.3, -0.25) is 0 Å². The minimum Gasteiger partial charge on any atom is -0.514 e. The normalized spacial score (nSPS) is 11.3. The van der Waals surface area contributed by atoms with Crippen molar-refractivity contribution in [2.45, 2.75) is 0 Å². The maximum Gasteiger partial charge on any atom is 0.350 e. The van der Waals surface area contributed by atoms with Crippen molar-refractivity contribution in [2.75, 3.05) is 0 Å². The summed E-state index contributed by atoms with van der Waals surface area (Å²) in [6.45, 7) is 0. The highest BCUT2D eigenvalue weighted by Gasteiger charge is 1.99. The highest BCUT2D eigenvalue weighted by Crippen LogP contribution is 1.96. The molecule has 0 spiro atoms. The smallest absolute Gasteiger partial charge is 0.350 e. The van der Waals surface area contributed by atoms with Crippen LogP contribution in [-0.2, 0) is 4.79 Å². The maximum absolute atomic E-state index is 9.57. The van der Waals surface area contributed by atoms with Crippen LogP contribution < -0.4 is 0 Å². The highest BCUT2D eigenvalue weighted by molar-refractivity contribution is 6.40. The molecule has 0 fully saturated rings. The van der Waals surface area contributed by atoms with Gasteiger partial charge in [0.15, 0.2) is 5.03 Å². The molecule has 0 saturated heterocycles. The minimum absolute atomic E-state index is 0.323. The lowest BCUT2D eigenvalue weighted by Gasteiger charge is -1.80. The molecule has 0 radical (unpaired) electrons. The fourth-order valence-electron chi connectivity index (χ4n) is 0.0552. The van der Waals surface area contributed by atoms with Crippen molar-refractivity contribution in [3.8, 4) is 0 Å². The molecule has 4 heteroatoms. The first kappa shape index (κ1) is 6.30. The van der Waals surface area contributed by atoms with Crippen LogP contribution in [0.1, 0.15) is 0 Å². The van der Waals surface area contributed by atoms with Gasteiger partial charge in [0.05, 0.1) is 0 Å². The van der Waals surface area contributed by atoms with Gasteiger partial charge in [0.25, 0.3) is 0 Å². The van der Waals surface area contributed by atoms with E-state index >= 15 is 0 Å². The Bertz CT molecular complexity index is 107. The van der Waals surface area contributed by atoms with Gasteiger partial charge in [-0.25, -0.2) is 4.79 Å². The van der Waals surface area contributed by atoms with Crippen molar-refractivity contribution in [2.24, 2.45) is 0 Å². The average Bonchev–Trinajstić information content (AvgIpc) is 1.65.